The van der Waals surface area contributed by atoms with E-state index in [0.717, 1.165) is 6.42 Å². The van der Waals surface area contributed by atoms with Crippen LogP contribution in [0.15, 0.2) is 25.3 Å². The molecule has 0 aromatic carbocycles. The predicted molar refractivity (Wildman–Crippen MR) is 32.2 cm³/mol. The monoisotopic (exact) mass is 76.1 g/mol. The van der Waals surface area contributed by atoms with Gasteiger partial charge in [-0.05, 0) is 6.42 Å². The summed E-state index contributed by atoms with van der Waals surface area (Å²) in [6, 6.07) is 0. The molecule has 0 aliphatic carbocycles. The van der Waals surface area contributed by atoms with Crippen LogP contribution in [0, 0.1) is 0 Å². The van der Waals surface area contributed by atoms with Crippen molar-refractivity contribution < 1.29 is 0 Å². The molecule has 0 saturated carbocycles. The Morgan fingerprint density at radius 1 is 1.17 bits per heavy atom. The van der Waals surface area contributed by atoms with Crippen LogP contribution in [0.5, 0.6) is 0 Å². The van der Waals surface area contributed by atoms with Gasteiger partial charge < -0.3 is 0 Å². The van der Waals surface area contributed by atoms with E-state index in [1.54, 1.807) is 0 Å². The minimum atomic E-state index is 0. The van der Waals surface area contributed by atoms with E-state index in [1.807, 2.05) is 12.2 Å². The summed E-state index contributed by atoms with van der Waals surface area (Å²) in [5, 5.41) is 0. The fourth-order valence-corrected chi connectivity index (χ4v) is 0.118. The average Bonchev–Trinajstić information content (AvgIpc) is 1.41. The Morgan fingerprint density at radius 2 is 1.50 bits per heavy atom. The van der Waals surface area contributed by atoms with E-state index < -0.39 is 0 Å². The van der Waals surface area contributed by atoms with Gasteiger partial charge in [0.2, 0.25) is 0 Å². The van der Waals surface area contributed by atoms with Crippen LogP contribution in [0.2, 0.25) is 0 Å². The van der Waals surface area contributed by atoms with Crippen molar-refractivity contribution in [2.45, 2.75) is 6.42 Å². The Kier molecular flexibility index (Phi) is 14.0. The van der Waals surface area contributed by atoms with E-state index in [4.69, 9.17) is 0 Å². The molecule has 0 N–H and O–H groups in total. The molecule has 0 aromatic heterocycles. The van der Waals surface area contributed by atoms with E-state index in [0.29, 0.717) is 0 Å². The third kappa shape index (κ3) is 8.95. The second-order valence-electron chi connectivity index (χ2n) is 0.813. The van der Waals surface area contributed by atoms with Crippen molar-refractivity contribution >= 4 is 18.9 Å². The van der Waals surface area contributed by atoms with Crippen molar-refractivity contribution in [1.82, 2.24) is 0 Å². The molecule has 0 aromatic rings. The molecule has 0 heterocycles. The second-order valence-corrected chi connectivity index (χ2v) is 0.813. The number of rotatable bonds is 2. The van der Waals surface area contributed by atoms with Crippen molar-refractivity contribution in [3.63, 3.8) is 0 Å². The normalized spacial score (nSPS) is 5.33. The summed E-state index contributed by atoms with van der Waals surface area (Å²) < 4.78 is 0. The summed E-state index contributed by atoms with van der Waals surface area (Å²) >= 11 is 0. The van der Waals surface area contributed by atoms with Crippen LogP contribution in [0.4, 0.5) is 0 Å². The van der Waals surface area contributed by atoms with Gasteiger partial charge in [0.1, 0.15) is 0 Å². The van der Waals surface area contributed by atoms with Crippen molar-refractivity contribution in [1.29, 1.82) is 0 Å². The molecular formula is C5H9Li. The fraction of sp³-hybridized carbons (Fsp3) is 0.200. The van der Waals surface area contributed by atoms with Gasteiger partial charge in [-0.1, -0.05) is 12.2 Å². The van der Waals surface area contributed by atoms with Gasteiger partial charge in [0.25, 0.3) is 0 Å². The van der Waals surface area contributed by atoms with Crippen molar-refractivity contribution in [3.8, 4) is 0 Å². The van der Waals surface area contributed by atoms with Gasteiger partial charge in [-0.3, -0.25) is 0 Å². The maximum absolute atomic E-state index is 3.48. The van der Waals surface area contributed by atoms with Gasteiger partial charge in [0, 0.05) is 0 Å². The molecule has 30 valence electrons. The molecule has 1 heteroatoms. The number of hydrogen-bond donors (Lipinski definition) is 0. The van der Waals surface area contributed by atoms with Crippen molar-refractivity contribution in [2.75, 3.05) is 0 Å². The Bertz CT molecular complexity index is 33.2. The number of allylic oxidation sites excluding steroid dienone is 2. The molecule has 6 heavy (non-hydrogen) atoms. The van der Waals surface area contributed by atoms with Crippen LogP contribution in [0.1, 0.15) is 6.42 Å². The molecule has 0 bridgehead atoms. The Morgan fingerprint density at radius 3 is 1.50 bits per heavy atom. The van der Waals surface area contributed by atoms with Gasteiger partial charge in [0.05, 0.1) is 0 Å². The molecular weight excluding hydrogens is 67.0 g/mol. The fourth-order valence-electron chi connectivity index (χ4n) is 0.118. The van der Waals surface area contributed by atoms with Crippen LogP contribution in [0.3, 0.4) is 0 Å². The van der Waals surface area contributed by atoms with Crippen LogP contribution in [-0.2, 0) is 0 Å². The van der Waals surface area contributed by atoms with E-state index in [1.165, 1.54) is 0 Å². The summed E-state index contributed by atoms with van der Waals surface area (Å²) in [6.45, 7) is 6.96. The maximum atomic E-state index is 3.48. The first kappa shape index (κ1) is 9.42. The van der Waals surface area contributed by atoms with Gasteiger partial charge in [-0.15, -0.1) is 13.2 Å². The van der Waals surface area contributed by atoms with Crippen LogP contribution in [-0.4, -0.2) is 18.9 Å². The molecule has 0 atom stereocenters. The molecule has 0 saturated heterocycles. The molecule has 0 aliphatic rings. The van der Waals surface area contributed by atoms with Crippen molar-refractivity contribution in [2.24, 2.45) is 0 Å². The van der Waals surface area contributed by atoms with Crippen LogP contribution in [0.25, 0.3) is 0 Å². The SMILES string of the molecule is C=CCC=C.[LiH]. The molecule has 0 radical (unpaired) electrons. The number of hydrogen-bond acceptors (Lipinski definition) is 0. The molecule has 0 aliphatic heterocycles. The van der Waals surface area contributed by atoms with E-state index in [2.05, 4.69) is 13.2 Å². The zero-order chi connectivity index (χ0) is 4.12. The average molecular weight is 76.1 g/mol. The standard InChI is InChI=1S/C5H8.Li.H/c1-3-5-4-2;;/h3-4H,1-2,5H2;;. The molecule has 0 amide bonds. The van der Waals surface area contributed by atoms with Crippen LogP contribution < -0.4 is 0 Å². The molecule has 0 spiro atoms. The van der Waals surface area contributed by atoms with E-state index in [-0.39, 0.29) is 18.9 Å². The Balaban J connectivity index is 0. The van der Waals surface area contributed by atoms with E-state index in [9.17, 15) is 0 Å². The third-order valence-corrected chi connectivity index (χ3v) is 0.333. The first-order valence-electron chi connectivity index (χ1n) is 1.63. The summed E-state index contributed by atoms with van der Waals surface area (Å²) in [5.41, 5.74) is 0. The molecule has 0 fully saturated rings. The predicted octanol–water partition coefficient (Wildman–Crippen LogP) is 1.10. The second kappa shape index (κ2) is 8.91. The zero-order valence-corrected chi connectivity index (χ0v) is 3.28. The van der Waals surface area contributed by atoms with E-state index >= 15 is 0 Å². The zero-order valence-electron chi connectivity index (χ0n) is 3.28. The summed E-state index contributed by atoms with van der Waals surface area (Å²) in [7, 11) is 0. The van der Waals surface area contributed by atoms with Gasteiger partial charge in [-0.2, -0.15) is 0 Å². The minimum absolute atomic E-state index is 0. The van der Waals surface area contributed by atoms with Crippen LogP contribution >= 0.6 is 0 Å². The molecule has 0 rings (SSSR count). The Labute approximate surface area is 51.1 Å². The molecule has 0 nitrogen and oxygen atoms in total. The molecule has 0 unspecified atom stereocenters. The summed E-state index contributed by atoms with van der Waals surface area (Å²) in [6.07, 6.45) is 4.54. The summed E-state index contributed by atoms with van der Waals surface area (Å²) in [5.74, 6) is 0. The Hall–Kier alpha value is 0.0774. The van der Waals surface area contributed by atoms with Gasteiger partial charge in [-0.25, -0.2) is 0 Å². The topological polar surface area (TPSA) is 0 Å². The van der Waals surface area contributed by atoms with Crippen molar-refractivity contribution in [3.05, 3.63) is 25.3 Å². The van der Waals surface area contributed by atoms with Gasteiger partial charge >= 0.3 is 18.9 Å². The first-order valence-corrected chi connectivity index (χ1v) is 1.63. The first-order chi connectivity index (χ1) is 2.41. The third-order valence-electron chi connectivity index (χ3n) is 0.333. The van der Waals surface area contributed by atoms with Gasteiger partial charge in [0.15, 0.2) is 0 Å². The summed E-state index contributed by atoms with van der Waals surface area (Å²) in [4.78, 5) is 0. The quantitative estimate of drug-likeness (QED) is 0.341.